The Hall–Kier alpha value is -0.120. The summed E-state index contributed by atoms with van der Waals surface area (Å²) in [4.78, 5) is 2.42. The summed E-state index contributed by atoms with van der Waals surface area (Å²) >= 11 is 0. The highest BCUT2D eigenvalue weighted by Crippen LogP contribution is 1.92. The van der Waals surface area contributed by atoms with Crippen molar-refractivity contribution >= 4 is 0 Å². The molecule has 2 unspecified atom stereocenters. The maximum atomic E-state index is 5.54. The largest absolute Gasteiger partial charge is 0.329 e. The van der Waals surface area contributed by atoms with Gasteiger partial charge in [-0.05, 0) is 26.9 Å². The van der Waals surface area contributed by atoms with Gasteiger partial charge in [0.2, 0.25) is 0 Å². The van der Waals surface area contributed by atoms with Crippen molar-refractivity contribution in [3.05, 3.63) is 0 Å². The van der Waals surface area contributed by atoms with Crippen LogP contribution >= 0.6 is 0 Å². The zero-order valence-electron chi connectivity index (χ0n) is 9.51. The second kappa shape index (κ2) is 7.30. The molecule has 80 valence electrons. The third kappa shape index (κ3) is 6.02. The van der Waals surface area contributed by atoms with Crippen LogP contribution in [0.5, 0.6) is 0 Å². The first-order valence-electron chi connectivity index (χ1n) is 5.32. The Kier molecular flexibility index (Phi) is 7.23. The first kappa shape index (κ1) is 12.9. The van der Waals surface area contributed by atoms with E-state index in [0.29, 0.717) is 18.6 Å². The Balaban J connectivity index is 3.65. The number of rotatable bonds is 7. The number of hydrogen-bond donors (Lipinski definition) is 2. The van der Waals surface area contributed by atoms with E-state index >= 15 is 0 Å². The van der Waals surface area contributed by atoms with Crippen molar-refractivity contribution in [2.75, 3.05) is 26.2 Å². The van der Waals surface area contributed by atoms with E-state index in [1.165, 1.54) is 0 Å². The monoisotopic (exact) mass is 187 g/mol. The Labute approximate surface area is 82.7 Å². The standard InChI is InChI=1S/C10H25N3/c1-5-13(6-2)8-10(4)12-9(3)7-11/h9-10,12H,5-8,11H2,1-4H3. The van der Waals surface area contributed by atoms with Gasteiger partial charge in [-0.15, -0.1) is 0 Å². The molecule has 0 rings (SSSR count). The van der Waals surface area contributed by atoms with Crippen LogP contribution in [0, 0.1) is 0 Å². The molecule has 0 bridgehead atoms. The van der Waals surface area contributed by atoms with Crippen LogP contribution in [-0.2, 0) is 0 Å². The lowest BCUT2D eigenvalue weighted by Crippen LogP contribution is -2.45. The smallest absolute Gasteiger partial charge is 0.0169 e. The minimum absolute atomic E-state index is 0.422. The topological polar surface area (TPSA) is 41.3 Å². The molecule has 0 aromatic heterocycles. The molecule has 0 aromatic rings. The van der Waals surface area contributed by atoms with E-state index in [2.05, 4.69) is 37.9 Å². The van der Waals surface area contributed by atoms with Crippen molar-refractivity contribution in [3.8, 4) is 0 Å². The van der Waals surface area contributed by atoms with Crippen molar-refractivity contribution in [2.24, 2.45) is 5.73 Å². The highest BCUT2D eigenvalue weighted by atomic mass is 15.1. The van der Waals surface area contributed by atoms with Crippen LogP contribution in [0.1, 0.15) is 27.7 Å². The minimum atomic E-state index is 0.422. The summed E-state index contributed by atoms with van der Waals surface area (Å²) in [5.74, 6) is 0. The summed E-state index contributed by atoms with van der Waals surface area (Å²) in [5.41, 5.74) is 5.54. The van der Waals surface area contributed by atoms with E-state index in [4.69, 9.17) is 5.73 Å². The maximum absolute atomic E-state index is 5.54. The Bertz CT molecular complexity index is 113. The zero-order valence-corrected chi connectivity index (χ0v) is 9.51. The molecule has 0 amide bonds. The van der Waals surface area contributed by atoms with Crippen molar-refractivity contribution < 1.29 is 0 Å². The Morgan fingerprint density at radius 3 is 2.08 bits per heavy atom. The van der Waals surface area contributed by atoms with Crippen LogP contribution in [0.2, 0.25) is 0 Å². The van der Waals surface area contributed by atoms with Gasteiger partial charge in [0.05, 0.1) is 0 Å². The fourth-order valence-electron chi connectivity index (χ4n) is 1.48. The summed E-state index contributed by atoms with van der Waals surface area (Å²) in [7, 11) is 0. The van der Waals surface area contributed by atoms with Gasteiger partial charge < -0.3 is 16.0 Å². The van der Waals surface area contributed by atoms with E-state index in [-0.39, 0.29) is 0 Å². The van der Waals surface area contributed by atoms with Crippen LogP contribution in [-0.4, -0.2) is 43.2 Å². The molecule has 0 radical (unpaired) electrons. The lowest BCUT2D eigenvalue weighted by molar-refractivity contribution is 0.264. The van der Waals surface area contributed by atoms with E-state index < -0.39 is 0 Å². The third-order valence-electron chi connectivity index (χ3n) is 2.35. The number of nitrogens with two attached hydrogens (primary N) is 1. The van der Waals surface area contributed by atoms with Crippen LogP contribution in [0.15, 0.2) is 0 Å². The van der Waals surface area contributed by atoms with Crippen LogP contribution in [0.25, 0.3) is 0 Å². The molecule has 3 nitrogen and oxygen atoms in total. The molecule has 0 saturated carbocycles. The fraction of sp³-hybridized carbons (Fsp3) is 1.00. The van der Waals surface area contributed by atoms with Gasteiger partial charge in [-0.3, -0.25) is 0 Å². The first-order valence-corrected chi connectivity index (χ1v) is 5.32. The van der Waals surface area contributed by atoms with Crippen LogP contribution < -0.4 is 11.1 Å². The van der Waals surface area contributed by atoms with Gasteiger partial charge in [-0.25, -0.2) is 0 Å². The summed E-state index contributed by atoms with van der Waals surface area (Å²) < 4.78 is 0. The zero-order chi connectivity index (χ0) is 10.3. The van der Waals surface area contributed by atoms with Gasteiger partial charge in [-0.2, -0.15) is 0 Å². The predicted molar refractivity (Wildman–Crippen MR) is 58.9 cm³/mol. The molecule has 0 aliphatic carbocycles. The lowest BCUT2D eigenvalue weighted by Gasteiger charge is -2.25. The molecule has 0 heterocycles. The van der Waals surface area contributed by atoms with E-state index in [1.54, 1.807) is 0 Å². The number of likely N-dealkylation sites (N-methyl/N-ethyl adjacent to an activating group) is 1. The van der Waals surface area contributed by atoms with E-state index in [1.807, 2.05) is 0 Å². The van der Waals surface area contributed by atoms with Gasteiger partial charge in [0.25, 0.3) is 0 Å². The second-order valence-electron chi connectivity index (χ2n) is 3.69. The Morgan fingerprint density at radius 1 is 1.15 bits per heavy atom. The van der Waals surface area contributed by atoms with E-state index in [0.717, 1.165) is 19.6 Å². The van der Waals surface area contributed by atoms with Crippen molar-refractivity contribution in [1.82, 2.24) is 10.2 Å². The molecular formula is C10H25N3. The van der Waals surface area contributed by atoms with Crippen LogP contribution in [0.4, 0.5) is 0 Å². The normalized spacial score (nSPS) is 16.2. The second-order valence-corrected chi connectivity index (χ2v) is 3.69. The fourth-order valence-corrected chi connectivity index (χ4v) is 1.48. The van der Waals surface area contributed by atoms with Crippen molar-refractivity contribution in [3.63, 3.8) is 0 Å². The molecule has 13 heavy (non-hydrogen) atoms. The predicted octanol–water partition coefficient (Wildman–Crippen LogP) is 0.654. The van der Waals surface area contributed by atoms with Gasteiger partial charge >= 0.3 is 0 Å². The molecule has 0 spiro atoms. The summed E-state index contributed by atoms with van der Waals surface area (Å²) in [6.07, 6.45) is 0. The number of nitrogens with one attached hydrogen (secondary N) is 1. The molecule has 0 fully saturated rings. The molecule has 0 aliphatic rings. The lowest BCUT2D eigenvalue weighted by atomic mass is 10.2. The maximum Gasteiger partial charge on any atom is 0.0169 e. The molecule has 3 N–H and O–H groups in total. The Morgan fingerprint density at radius 2 is 1.69 bits per heavy atom. The van der Waals surface area contributed by atoms with Gasteiger partial charge in [-0.1, -0.05) is 13.8 Å². The summed E-state index contributed by atoms with van der Waals surface area (Å²) in [6.45, 7) is 12.8. The third-order valence-corrected chi connectivity index (χ3v) is 2.35. The van der Waals surface area contributed by atoms with E-state index in [9.17, 15) is 0 Å². The van der Waals surface area contributed by atoms with Gasteiger partial charge in [0.15, 0.2) is 0 Å². The van der Waals surface area contributed by atoms with Crippen LogP contribution in [0.3, 0.4) is 0 Å². The van der Waals surface area contributed by atoms with Gasteiger partial charge in [0, 0.05) is 25.2 Å². The first-order chi connectivity index (χ1) is 6.13. The molecule has 0 saturated heterocycles. The van der Waals surface area contributed by atoms with Crippen molar-refractivity contribution in [2.45, 2.75) is 39.8 Å². The molecule has 0 aromatic carbocycles. The molecule has 2 atom stereocenters. The highest BCUT2D eigenvalue weighted by molar-refractivity contribution is 4.71. The molecular weight excluding hydrogens is 162 g/mol. The minimum Gasteiger partial charge on any atom is -0.329 e. The average molecular weight is 187 g/mol. The SMILES string of the molecule is CCN(CC)CC(C)NC(C)CN. The molecule has 0 aliphatic heterocycles. The summed E-state index contributed by atoms with van der Waals surface area (Å²) in [6, 6.07) is 0.948. The quantitative estimate of drug-likeness (QED) is 0.615. The average Bonchev–Trinajstić information content (AvgIpc) is 2.13. The van der Waals surface area contributed by atoms with Crippen molar-refractivity contribution in [1.29, 1.82) is 0 Å². The number of nitrogens with zero attached hydrogens (tertiary/aromatic N) is 1. The highest BCUT2D eigenvalue weighted by Gasteiger charge is 2.08. The molecule has 3 heteroatoms. The summed E-state index contributed by atoms with van der Waals surface area (Å²) in [5, 5.41) is 3.46. The number of hydrogen-bond acceptors (Lipinski definition) is 3. The van der Waals surface area contributed by atoms with Gasteiger partial charge in [0.1, 0.15) is 0 Å².